The number of carbonyl (C=O) groups is 2. The second-order valence-corrected chi connectivity index (χ2v) is 7.56. The summed E-state index contributed by atoms with van der Waals surface area (Å²) in [7, 11) is 0. The van der Waals surface area contributed by atoms with Gasteiger partial charge in [0, 0.05) is 25.0 Å². The van der Waals surface area contributed by atoms with Gasteiger partial charge < -0.3 is 4.90 Å². The van der Waals surface area contributed by atoms with Crippen molar-refractivity contribution in [3.63, 3.8) is 0 Å². The molecule has 2 amide bonds. The monoisotopic (exact) mass is 399 g/mol. The van der Waals surface area contributed by atoms with E-state index in [1.807, 2.05) is 73.3 Å². The van der Waals surface area contributed by atoms with Gasteiger partial charge in [0.05, 0.1) is 23.7 Å². The fraction of sp³-hybridized carbons (Fsp3) is 0.240. The van der Waals surface area contributed by atoms with Crippen LogP contribution < -0.4 is 4.90 Å². The van der Waals surface area contributed by atoms with Gasteiger partial charge in [0.2, 0.25) is 5.91 Å². The number of anilines is 1. The average Bonchev–Trinajstić information content (AvgIpc) is 3.05. The summed E-state index contributed by atoms with van der Waals surface area (Å²) >= 11 is 0. The van der Waals surface area contributed by atoms with E-state index in [0.717, 1.165) is 16.8 Å². The SMILES string of the molecule is CCN(Cc1ccccc1)C(=O)CC1c2ncccc2C(=O)N1c1ccc(C)cc1. The van der Waals surface area contributed by atoms with Gasteiger partial charge in [-0.05, 0) is 43.7 Å². The summed E-state index contributed by atoms with van der Waals surface area (Å²) in [5.74, 6) is -0.0966. The van der Waals surface area contributed by atoms with Gasteiger partial charge >= 0.3 is 0 Å². The minimum atomic E-state index is -0.409. The Labute approximate surface area is 177 Å². The van der Waals surface area contributed by atoms with Gasteiger partial charge in [-0.2, -0.15) is 0 Å². The van der Waals surface area contributed by atoms with E-state index in [0.29, 0.717) is 24.3 Å². The van der Waals surface area contributed by atoms with Crippen LogP contribution in [0.25, 0.3) is 0 Å². The van der Waals surface area contributed by atoms with Crippen LogP contribution in [-0.4, -0.2) is 28.2 Å². The van der Waals surface area contributed by atoms with Gasteiger partial charge in [0.1, 0.15) is 0 Å². The van der Waals surface area contributed by atoms with E-state index in [9.17, 15) is 9.59 Å². The van der Waals surface area contributed by atoms with Gasteiger partial charge in [0.25, 0.3) is 5.91 Å². The fourth-order valence-electron chi connectivity index (χ4n) is 3.92. The van der Waals surface area contributed by atoms with Crippen molar-refractivity contribution in [3.05, 3.63) is 95.3 Å². The topological polar surface area (TPSA) is 53.5 Å². The van der Waals surface area contributed by atoms with E-state index >= 15 is 0 Å². The Bertz CT molecular complexity index is 1050. The first-order valence-electron chi connectivity index (χ1n) is 10.3. The van der Waals surface area contributed by atoms with Crippen molar-refractivity contribution < 1.29 is 9.59 Å². The molecule has 1 aliphatic heterocycles. The molecule has 5 nitrogen and oxygen atoms in total. The molecule has 0 saturated heterocycles. The van der Waals surface area contributed by atoms with Crippen molar-refractivity contribution in [2.24, 2.45) is 0 Å². The highest BCUT2D eigenvalue weighted by atomic mass is 16.2. The van der Waals surface area contributed by atoms with Crippen LogP contribution in [-0.2, 0) is 11.3 Å². The van der Waals surface area contributed by atoms with E-state index in [-0.39, 0.29) is 18.2 Å². The van der Waals surface area contributed by atoms with Crippen LogP contribution >= 0.6 is 0 Å². The number of pyridine rings is 1. The van der Waals surface area contributed by atoms with Crippen LogP contribution in [0.3, 0.4) is 0 Å². The Morgan fingerprint density at radius 3 is 2.47 bits per heavy atom. The molecule has 0 spiro atoms. The summed E-state index contributed by atoms with van der Waals surface area (Å²) in [5, 5.41) is 0. The molecule has 0 saturated carbocycles. The van der Waals surface area contributed by atoms with Gasteiger partial charge in [-0.1, -0.05) is 48.0 Å². The maximum absolute atomic E-state index is 13.2. The molecule has 3 aromatic rings. The van der Waals surface area contributed by atoms with E-state index in [2.05, 4.69) is 4.98 Å². The maximum Gasteiger partial charge on any atom is 0.260 e. The lowest BCUT2D eigenvalue weighted by Gasteiger charge is -2.28. The molecule has 4 rings (SSSR count). The lowest BCUT2D eigenvalue weighted by Crippen LogP contribution is -2.35. The largest absolute Gasteiger partial charge is 0.339 e. The van der Waals surface area contributed by atoms with Crippen molar-refractivity contribution >= 4 is 17.5 Å². The molecular weight excluding hydrogens is 374 g/mol. The lowest BCUT2D eigenvalue weighted by molar-refractivity contribution is -0.132. The number of hydrogen-bond donors (Lipinski definition) is 0. The lowest BCUT2D eigenvalue weighted by atomic mass is 10.1. The average molecular weight is 399 g/mol. The molecule has 1 aliphatic rings. The summed E-state index contributed by atoms with van der Waals surface area (Å²) in [6.45, 7) is 5.14. The van der Waals surface area contributed by atoms with Crippen LogP contribution in [0.2, 0.25) is 0 Å². The van der Waals surface area contributed by atoms with Crippen molar-refractivity contribution in [2.45, 2.75) is 32.9 Å². The first kappa shape index (κ1) is 19.8. The number of aromatic nitrogens is 1. The first-order valence-corrected chi connectivity index (χ1v) is 10.3. The number of hydrogen-bond acceptors (Lipinski definition) is 3. The number of aryl methyl sites for hydroxylation is 1. The number of amides is 2. The molecule has 1 atom stereocenters. The second-order valence-electron chi connectivity index (χ2n) is 7.56. The number of rotatable bonds is 6. The van der Waals surface area contributed by atoms with E-state index in [1.165, 1.54) is 0 Å². The summed E-state index contributed by atoms with van der Waals surface area (Å²) in [4.78, 5) is 34.4. The Hall–Kier alpha value is -3.47. The fourth-order valence-corrected chi connectivity index (χ4v) is 3.92. The summed E-state index contributed by atoms with van der Waals surface area (Å²) < 4.78 is 0. The molecule has 0 bridgehead atoms. The highest BCUT2D eigenvalue weighted by Gasteiger charge is 2.40. The molecule has 30 heavy (non-hydrogen) atoms. The highest BCUT2D eigenvalue weighted by molar-refractivity contribution is 6.11. The quantitative estimate of drug-likeness (QED) is 0.612. The Kier molecular flexibility index (Phi) is 5.61. The van der Waals surface area contributed by atoms with E-state index in [4.69, 9.17) is 0 Å². The summed E-state index contributed by atoms with van der Waals surface area (Å²) in [6, 6.07) is 20.9. The predicted molar refractivity (Wildman–Crippen MR) is 117 cm³/mol. The van der Waals surface area contributed by atoms with E-state index in [1.54, 1.807) is 23.2 Å². The third-order valence-electron chi connectivity index (χ3n) is 5.55. The third kappa shape index (κ3) is 3.83. The van der Waals surface area contributed by atoms with Crippen LogP contribution in [0.15, 0.2) is 72.9 Å². The Balaban J connectivity index is 1.63. The number of carbonyl (C=O) groups excluding carboxylic acids is 2. The number of benzene rings is 2. The molecule has 0 radical (unpaired) electrons. The van der Waals surface area contributed by atoms with Crippen LogP contribution in [0.5, 0.6) is 0 Å². The van der Waals surface area contributed by atoms with Crippen molar-refractivity contribution in [1.82, 2.24) is 9.88 Å². The smallest absolute Gasteiger partial charge is 0.260 e. The zero-order valence-corrected chi connectivity index (χ0v) is 17.3. The molecule has 1 aromatic heterocycles. The van der Waals surface area contributed by atoms with E-state index < -0.39 is 6.04 Å². The highest BCUT2D eigenvalue weighted by Crippen LogP contribution is 2.38. The summed E-state index contributed by atoms with van der Waals surface area (Å²) in [5.41, 5.74) is 4.24. The minimum absolute atomic E-state index is 0.00904. The normalized spacial score (nSPS) is 15.2. The molecule has 2 heterocycles. The Morgan fingerprint density at radius 1 is 1.03 bits per heavy atom. The predicted octanol–water partition coefficient (Wildman–Crippen LogP) is 4.53. The molecule has 0 N–H and O–H groups in total. The third-order valence-corrected chi connectivity index (χ3v) is 5.55. The van der Waals surface area contributed by atoms with Crippen molar-refractivity contribution in [3.8, 4) is 0 Å². The van der Waals surface area contributed by atoms with Gasteiger partial charge in [0.15, 0.2) is 0 Å². The molecule has 1 unspecified atom stereocenters. The zero-order valence-electron chi connectivity index (χ0n) is 17.3. The van der Waals surface area contributed by atoms with Crippen molar-refractivity contribution in [1.29, 1.82) is 0 Å². The summed E-state index contributed by atoms with van der Waals surface area (Å²) in [6.07, 6.45) is 1.88. The Morgan fingerprint density at radius 2 is 1.77 bits per heavy atom. The number of nitrogens with zero attached hydrogens (tertiary/aromatic N) is 3. The van der Waals surface area contributed by atoms with Crippen LogP contribution in [0.1, 0.15) is 46.6 Å². The van der Waals surface area contributed by atoms with Crippen molar-refractivity contribution in [2.75, 3.05) is 11.4 Å². The van der Waals surface area contributed by atoms with Gasteiger partial charge in [-0.15, -0.1) is 0 Å². The minimum Gasteiger partial charge on any atom is -0.339 e. The second kappa shape index (κ2) is 8.49. The van der Waals surface area contributed by atoms with Crippen LogP contribution in [0, 0.1) is 6.92 Å². The zero-order chi connectivity index (χ0) is 21.1. The molecule has 152 valence electrons. The maximum atomic E-state index is 13.2. The molecule has 2 aromatic carbocycles. The first-order chi connectivity index (χ1) is 14.6. The molecule has 0 aliphatic carbocycles. The molecule has 5 heteroatoms. The standard InChI is InChI=1S/C25H25N3O2/c1-3-27(17-19-8-5-4-6-9-19)23(29)16-22-24-21(10-7-15-26-24)25(30)28(22)20-13-11-18(2)12-14-20/h4-15,22H,3,16-17H2,1-2H3. The molecule has 0 fully saturated rings. The van der Waals surface area contributed by atoms with Crippen LogP contribution in [0.4, 0.5) is 5.69 Å². The van der Waals surface area contributed by atoms with Gasteiger partial charge in [-0.3, -0.25) is 19.5 Å². The van der Waals surface area contributed by atoms with Gasteiger partial charge in [-0.25, -0.2) is 0 Å². The molecular formula is C25H25N3O2. The number of fused-ring (bicyclic) bond motifs is 1.